The predicted molar refractivity (Wildman–Crippen MR) is 73.1 cm³/mol. The van der Waals surface area contributed by atoms with Crippen molar-refractivity contribution in [1.29, 1.82) is 0 Å². The average Bonchev–Trinajstić information content (AvgIpc) is 2.30. The van der Waals surface area contributed by atoms with Crippen LogP contribution < -0.4 is 5.43 Å². The molecule has 1 N–H and O–H groups in total. The Bertz CT molecular complexity index is 691. The maximum Gasteiger partial charge on any atom is 0.303 e. The highest BCUT2D eigenvalue weighted by atomic mass is 35.5. The van der Waals surface area contributed by atoms with Crippen LogP contribution in [0.2, 0.25) is 10.0 Å². The Labute approximate surface area is 118 Å². The topological polar surface area (TPSA) is 67.5 Å². The summed E-state index contributed by atoms with van der Waals surface area (Å²) >= 11 is 11.8. The highest BCUT2D eigenvalue weighted by Gasteiger charge is 2.10. The fourth-order valence-electron chi connectivity index (χ4n) is 1.77. The lowest BCUT2D eigenvalue weighted by molar-refractivity contribution is -0.137. The van der Waals surface area contributed by atoms with Gasteiger partial charge in [-0.2, -0.15) is 0 Å². The molecule has 0 aliphatic rings. The van der Waals surface area contributed by atoms with Gasteiger partial charge in [0.2, 0.25) is 0 Å². The molecule has 0 bridgehead atoms. The van der Waals surface area contributed by atoms with E-state index in [0.29, 0.717) is 29.0 Å². The second-order valence-electron chi connectivity index (χ2n) is 4.09. The Balaban J connectivity index is 2.38. The van der Waals surface area contributed by atoms with Gasteiger partial charge in [-0.25, -0.2) is 0 Å². The minimum absolute atomic E-state index is 0.0239. The smallest absolute Gasteiger partial charge is 0.303 e. The first-order valence-corrected chi connectivity index (χ1v) is 6.36. The molecular weight excluding hydrogens is 291 g/mol. The van der Waals surface area contributed by atoms with E-state index in [1.807, 2.05) is 0 Å². The van der Waals surface area contributed by atoms with Gasteiger partial charge in [-0.3, -0.25) is 9.59 Å². The summed E-state index contributed by atoms with van der Waals surface area (Å²) in [5.41, 5.74) is 0.0415. The van der Waals surface area contributed by atoms with Crippen molar-refractivity contribution in [3.8, 4) is 0 Å². The van der Waals surface area contributed by atoms with Gasteiger partial charge in [-0.05, 0) is 18.6 Å². The van der Waals surface area contributed by atoms with E-state index >= 15 is 0 Å². The Kier molecular flexibility index (Phi) is 4.12. The highest BCUT2D eigenvalue weighted by molar-refractivity contribution is 6.38. The number of benzene rings is 1. The van der Waals surface area contributed by atoms with Gasteiger partial charge in [0.05, 0.1) is 10.4 Å². The number of halogens is 2. The number of aliphatic carboxylic acids is 1. The molecule has 1 heterocycles. The van der Waals surface area contributed by atoms with Gasteiger partial charge in [-0.1, -0.05) is 23.2 Å². The largest absolute Gasteiger partial charge is 0.481 e. The summed E-state index contributed by atoms with van der Waals surface area (Å²) in [6.07, 6.45) is 0.793. The number of rotatable bonds is 4. The van der Waals surface area contributed by atoms with Crippen molar-refractivity contribution in [3.63, 3.8) is 0 Å². The van der Waals surface area contributed by atoms with Crippen LogP contribution in [0, 0.1) is 0 Å². The molecule has 0 fully saturated rings. The van der Waals surface area contributed by atoms with E-state index in [1.165, 1.54) is 18.2 Å². The lowest BCUT2D eigenvalue weighted by Crippen LogP contribution is -2.03. The van der Waals surface area contributed by atoms with Crippen molar-refractivity contribution in [2.24, 2.45) is 0 Å². The molecule has 0 atom stereocenters. The first-order chi connectivity index (χ1) is 8.97. The van der Waals surface area contributed by atoms with Gasteiger partial charge in [0.1, 0.15) is 5.76 Å². The van der Waals surface area contributed by atoms with Gasteiger partial charge in [0, 0.05) is 23.9 Å². The van der Waals surface area contributed by atoms with E-state index in [4.69, 9.17) is 32.7 Å². The van der Waals surface area contributed by atoms with Crippen molar-refractivity contribution in [2.45, 2.75) is 19.3 Å². The van der Waals surface area contributed by atoms with Crippen LogP contribution in [-0.4, -0.2) is 11.1 Å². The summed E-state index contributed by atoms with van der Waals surface area (Å²) in [4.78, 5) is 22.3. The van der Waals surface area contributed by atoms with Crippen LogP contribution in [0.1, 0.15) is 18.6 Å². The highest BCUT2D eigenvalue weighted by Crippen LogP contribution is 2.26. The van der Waals surface area contributed by atoms with Crippen LogP contribution in [0.3, 0.4) is 0 Å². The fraction of sp³-hybridized carbons (Fsp3) is 0.231. The first kappa shape index (κ1) is 13.9. The maximum absolute atomic E-state index is 11.9. The molecule has 0 amide bonds. The molecule has 0 radical (unpaired) electrons. The lowest BCUT2D eigenvalue weighted by atomic mass is 10.1. The van der Waals surface area contributed by atoms with E-state index in [0.717, 1.165) is 0 Å². The second-order valence-corrected chi connectivity index (χ2v) is 4.93. The van der Waals surface area contributed by atoms with E-state index in [9.17, 15) is 9.59 Å². The number of hydrogen-bond acceptors (Lipinski definition) is 3. The SMILES string of the molecule is O=C(O)CCCc1cc(=O)c2cc(Cl)cc(Cl)c2o1. The molecular formula is C13H10Cl2O4. The Morgan fingerprint density at radius 1 is 1.26 bits per heavy atom. The van der Waals surface area contributed by atoms with Crippen molar-refractivity contribution >= 4 is 40.1 Å². The molecule has 1 aromatic heterocycles. The van der Waals surface area contributed by atoms with Gasteiger partial charge in [0.25, 0.3) is 0 Å². The molecule has 1 aromatic carbocycles. The lowest BCUT2D eigenvalue weighted by Gasteiger charge is -2.04. The molecule has 4 nitrogen and oxygen atoms in total. The number of carboxylic acid groups (broad SMARTS) is 1. The van der Waals surface area contributed by atoms with Crippen LogP contribution in [0.5, 0.6) is 0 Å². The Morgan fingerprint density at radius 3 is 2.68 bits per heavy atom. The predicted octanol–water partition coefficient (Wildman–Crippen LogP) is 3.51. The summed E-state index contributed by atoms with van der Waals surface area (Å²) < 4.78 is 5.53. The normalized spacial score (nSPS) is 10.8. The Morgan fingerprint density at radius 2 is 2.00 bits per heavy atom. The summed E-state index contributed by atoms with van der Waals surface area (Å²) in [5, 5.41) is 9.51. The van der Waals surface area contributed by atoms with Gasteiger partial charge < -0.3 is 9.52 Å². The van der Waals surface area contributed by atoms with Crippen LogP contribution in [0.25, 0.3) is 11.0 Å². The minimum atomic E-state index is -0.882. The number of hydrogen-bond donors (Lipinski definition) is 1. The zero-order chi connectivity index (χ0) is 14.0. The molecule has 0 spiro atoms. The van der Waals surface area contributed by atoms with Crippen molar-refractivity contribution < 1.29 is 14.3 Å². The molecule has 0 aliphatic heterocycles. The van der Waals surface area contributed by atoms with Gasteiger partial charge in [-0.15, -0.1) is 0 Å². The first-order valence-electron chi connectivity index (χ1n) is 5.61. The zero-order valence-electron chi connectivity index (χ0n) is 9.78. The molecule has 0 unspecified atom stereocenters. The molecule has 0 saturated carbocycles. The third-order valence-corrected chi connectivity index (χ3v) is 3.11. The zero-order valence-corrected chi connectivity index (χ0v) is 11.3. The number of carboxylic acids is 1. The number of aryl methyl sites for hydroxylation is 1. The van der Waals surface area contributed by atoms with Crippen LogP contribution >= 0.6 is 23.2 Å². The van der Waals surface area contributed by atoms with E-state index < -0.39 is 5.97 Å². The maximum atomic E-state index is 11.9. The summed E-state index contributed by atoms with van der Waals surface area (Å²) in [6, 6.07) is 4.34. The third-order valence-electron chi connectivity index (χ3n) is 2.61. The quantitative estimate of drug-likeness (QED) is 0.938. The fourth-order valence-corrected chi connectivity index (χ4v) is 2.30. The number of carbonyl (C=O) groups is 1. The second kappa shape index (κ2) is 5.63. The van der Waals surface area contributed by atoms with Crippen LogP contribution in [0.15, 0.2) is 27.4 Å². The average molecular weight is 301 g/mol. The van der Waals surface area contributed by atoms with E-state index in [2.05, 4.69) is 0 Å². The molecule has 19 heavy (non-hydrogen) atoms. The number of fused-ring (bicyclic) bond motifs is 1. The molecule has 100 valence electrons. The van der Waals surface area contributed by atoms with Crippen molar-refractivity contribution in [2.75, 3.05) is 0 Å². The molecule has 2 rings (SSSR count). The molecule has 0 saturated heterocycles. The third kappa shape index (κ3) is 3.28. The van der Waals surface area contributed by atoms with E-state index in [-0.39, 0.29) is 22.5 Å². The molecule has 0 aliphatic carbocycles. The van der Waals surface area contributed by atoms with Crippen LogP contribution in [-0.2, 0) is 11.2 Å². The molecule has 6 heteroatoms. The Hall–Kier alpha value is -1.52. The summed E-state index contributed by atoms with van der Waals surface area (Å²) in [5.74, 6) is -0.462. The monoisotopic (exact) mass is 300 g/mol. The molecule has 2 aromatic rings. The van der Waals surface area contributed by atoms with Crippen molar-refractivity contribution in [1.82, 2.24) is 0 Å². The summed E-state index contributed by atoms with van der Waals surface area (Å²) in [7, 11) is 0. The van der Waals surface area contributed by atoms with Crippen LogP contribution in [0.4, 0.5) is 0 Å². The van der Waals surface area contributed by atoms with Crippen molar-refractivity contribution in [3.05, 3.63) is 44.2 Å². The van der Waals surface area contributed by atoms with Gasteiger partial charge >= 0.3 is 5.97 Å². The van der Waals surface area contributed by atoms with Gasteiger partial charge in [0.15, 0.2) is 11.0 Å². The van der Waals surface area contributed by atoms with E-state index in [1.54, 1.807) is 0 Å². The summed E-state index contributed by atoms with van der Waals surface area (Å²) in [6.45, 7) is 0. The minimum Gasteiger partial charge on any atom is -0.481 e. The standard InChI is InChI=1S/C13H10Cl2O4/c14-7-4-9-11(16)6-8(2-1-3-12(17)18)19-13(9)10(15)5-7/h4-6H,1-3H2,(H,17,18).